The molecule has 0 aliphatic carbocycles. The van der Waals surface area contributed by atoms with Crippen LogP contribution in [0.25, 0.3) is 11.0 Å². The van der Waals surface area contributed by atoms with Crippen molar-refractivity contribution in [3.05, 3.63) is 91.1 Å². The highest BCUT2D eigenvalue weighted by Crippen LogP contribution is 2.33. The molecule has 3 aromatic heterocycles. The van der Waals surface area contributed by atoms with E-state index in [1.165, 1.54) is 28.7 Å². The number of nitrogens with one attached hydrogen (secondary N) is 1. The number of carbonyl (C=O) groups is 1. The third-order valence-electron chi connectivity index (χ3n) is 4.29. The molecular weight excluding hydrogens is 382 g/mol. The number of benzene rings is 1. The molecule has 5 nitrogen and oxygen atoms in total. The zero-order valence-electron chi connectivity index (χ0n) is 14.0. The maximum absolute atomic E-state index is 12.6. The second kappa shape index (κ2) is 7.11. The smallest absolute Gasteiger partial charge is 0.287 e. The van der Waals surface area contributed by atoms with Crippen LogP contribution in [-0.4, -0.2) is 17.6 Å². The minimum absolute atomic E-state index is 0.0420. The maximum Gasteiger partial charge on any atom is 0.287 e. The largest absolute Gasteiger partial charge is 0.451 e. The lowest BCUT2D eigenvalue weighted by molar-refractivity contribution is 0.0706. The van der Waals surface area contributed by atoms with Gasteiger partial charge in [-0.25, -0.2) is 0 Å². The van der Waals surface area contributed by atoms with Crippen molar-refractivity contribution < 1.29 is 14.3 Å². The Hall–Kier alpha value is -2.74. The highest BCUT2D eigenvalue weighted by Gasteiger charge is 2.34. The first kappa shape index (κ1) is 17.7. The van der Waals surface area contributed by atoms with Gasteiger partial charge in [-0.15, -0.1) is 11.3 Å². The number of fused-ring (bicyclic) bond motifs is 1. The van der Waals surface area contributed by atoms with Crippen LogP contribution in [0.5, 0.6) is 0 Å². The van der Waals surface area contributed by atoms with E-state index in [2.05, 4.69) is 5.32 Å². The van der Waals surface area contributed by atoms with Gasteiger partial charge in [0.2, 0.25) is 0 Å². The van der Waals surface area contributed by atoms with Gasteiger partial charge in [0.15, 0.2) is 11.2 Å². The summed E-state index contributed by atoms with van der Waals surface area (Å²) in [5, 5.41) is 20.0. The number of amides is 1. The first-order valence-electron chi connectivity index (χ1n) is 8.18. The van der Waals surface area contributed by atoms with Crippen molar-refractivity contribution in [3.8, 4) is 0 Å². The summed E-state index contributed by atoms with van der Waals surface area (Å²) >= 11 is 2.88. The van der Waals surface area contributed by atoms with E-state index in [9.17, 15) is 14.7 Å². The number of aliphatic hydroxyl groups is 1. The summed E-state index contributed by atoms with van der Waals surface area (Å²) in [6.45, 7) is -0.0420. The molecular formula is C20H15NO4S2. The molecule has 0 saturated carbocycles. The Labute approximate surface area is 162 Å². The van der Waals surface area contributed by atoms with E-state index in [1.807, 2.05) is 34.3 Å². The van der Waals surface area contributed by atoms with E-state index in [-0.39, 0.29) is 17.7 Å². The van der Waals surface area contributed by atoms with Crippen LogP contribution in [0.2, 0.25) is 0 Å². The SMILES string of the molecule is O=C(NCC(O)(c1ccsc1)c1cccs1)c1cc(=O)c2ccccc2o1. The molecule has 0 bridgehead atoms. The van der Waals surface area contributed by atoms with Crippen molar-refractivity contribution in [1.29, 1.82) is 0 Å². The predicted octanol–water partition coefficient (Wildman–Crippen LogP) is 3.58. The Morgan fingerprint density at radius 1 is 1.15 bits per heavy atom. The topological polar surface area (TPSA) is 79.5 Å². The molecule has 0 spiro atoms. The Bertz CT molecular complexity index is 1100. The molecule has 0 aliphatic heterocycles. The van der Waals surface area contributed by atoms with Crippen LogP contribution in [0, 0.1) is 0 Å². The molecule has 0 saturated heterocycles. The maximum atomic E-state index is 12.6. The van der Waals surface area contributed by atoms with Crippen molar-refractivity contribution in [1.82, 2.24) is 5.32 Å². The van der Waals surface area contributed by atoms with Gasteiger partial charge in [0, 0.05) is 16.5 Å². The molecule has 4 rings (SSSR count). The summed E-state index contributed by atoms with van der Waals surface area (Å²) in [6.07, 6.45) is 0. The summed E-state index contributed by atoms with van der Waals surface area (Å²) in [5.74, 6) is -0.638. The molecule has 136 valence electrons. The highest BCUT2D eigenvalue weighted by atomic mass is 32.1. The van der Waals surface area contributed by atoms with Crippen molar-refractivity contribution >= 4 is 39.5 Å². The molecule has 3 heterocycles. The second-order valence-corrected chi connectivity index (χ2v) is 7.73. The normalized spacial score (nSPS) is 13.4. The first-order chi connectivity index (χ1) is 13.1. The number of para-hydroxylation sites is 1. The van der Waals surface area contributed by atoms with E-state index >= 15 is 0 Å². The van der Waals surface area contributed by atoms with E-state index in [1.54, 1.807) is 24.3 Å². The molecule has 2 N–H and O–H groups in total. The third kappa shape index (κ3) is 3.32. The van der Waals surface area contributed by atoms with E-state index in [4.69, 9.17) is 4.42 Å². The molecule has 0 radical (unpaired) electrons. The summed E-state index contributed by atoms with van der Waals surface area (Å²) in [7, 11) is 0. The van der Waals surface area contributed by atoms with Crippen LogP contribution in [0.15, 0.2) is 73.9 Å². The van der Waals surface area contributed by atoms with Gasteiger partial charge in [-0.3, -0.25) is 9.59 Å². The van der Waals surface area contributed by atoms with Gasteiger partial charge in [0.25, 0.3) is 5.91 Å². The molecule has 0 aliphatic rings. The van der Waals surface area contributed by atoms with E-state index in [0.717, 1.165) is 4.88 Å². The van der Waals surface area contributed by atoms with Crippen LogP contribution in [0.3, 0.4) is 0 Å². The van der Waals surface area contributed by atoms with Crippen LogP contribution in [-0.2, 0) is 5.60 Å². The van der Waals surface area contributed by atoms with Gasteiger partial charge >= 0.3 is 0 Å². The van der Waals surface area contributed by atoms with Crippen molar-refractivity contribution in [2.75, 3.05) is 6.54 Å². The van der Waals surface area contributed by atoms with E-state index < -0.39 is 11.5 Å². The fraction of sp³-hybridized carbons (Fsp3) is 0.100. The number of rotatable bonds is 5. The third-order valence-corrected chi connectivity index (χ3v) is 5.99. The standard InChI is InChI=1S/C20H15NO4S2/c22-15-10-17(25-16-5-2-1-4-14(15)16)19(23)21-12-20(24,13-7-9-26-11-13)18-6-3-8-27-18/h1-11,24H,12H2,(H,21,23). The summed E-state index contributed by atoms with van der Waals surface area (Å²) in [5.41, 5.74) is -0.578. The fourth-order valence-corrected chi connectivity index (χ4v) is 4.43. The number of hydrogen-bond acceptors (Lipinski definition) is 6. The minimum atomic E-state index is -1.35. The highest BCUT2D eigenvalue weighted by molar-refractivity contribution is 7.10. The van der Waals surface area contributed by atoms with Crippen LogP contribution in [0.1, 0.15) is 21.0 Å². The van der Waals surface area contributed by atoms with Crippen molar-refractivity contribution in [2.24, 2.45) is 0 Å². The molecule has 1 amide bonds. The lowest BCUT2D eigenvalue weighted by atomic mass is 9.94. The van der Waals surface area contributed by atoms with Gasteiger partial charge in [0.05, 0.1) is 11.9 Å². The lowest BCUT2D eigenvalue weighted by Gasteiger charge is -2.26. The quantitative estimate of drug-likeness (QED) is 0.539. The van der Waals surface area contributed by atoms with Crippen molar-refractivity contribution in [2.45, 2.75) is 5.60 Å². The number of thiophene rings is 2. The average Bonchev–Trinajstić information content (AvgIpc) is 3.40. The van der Waals surface area contributed by atoms with Gasteiger partial charge in [-0.2, -0.15) is 11.3 Å². The number of carbonyl (C=O) groups excluding carboxylic acids is 1. The second-order valence-electron chi connectivity index (χ2n) is 6.00. The Morgan fingerprint density at radius 2 is 2.00 bits per heavy atom. The van der Waals surface area contributed by atoms with Gasteiger partial charge in [-0.1, -0.05) is 18.2 Å². The summed E-state index contributed by atoms with van der Waals surface area (Å²) < 4.78 is 5.56. The zero-order valence-corrected chi connectivity index (χ0v) is 15.7. The lowest BCUT2D eigenvalue weighted by Crippen LogP contribution is -2.41. The van der Waals surface area contributed by atoms with Crippen molar-refractivity contribution in [3.63, 3.8) is 0 Å². The molecule has 27 heavy (non-hydrogen) atoms. The molecule has 4 aromatic rings. The van der Waals surface area contributed by atoms with Crippen LogP contribution >= 0.6 is 22.7 Å². The predicted molar refractivity (Wildman–Crippen MR) is 106 cm³/mol. The monoisotopic (exact) mass is 397 g/mol. The average molecular weight is 397 g/mol. The van der Waals surface area contributed by atoms with E-state index in [0.29, 0.717) is 16.5 Å². The zero-order chi connectivity index (χ0) is 18.9. The number of hydrogen-bond donors (Lipinski definition) is 2. The molecule has 1 unspecified atom stereocenters. The summed E-state index contributed by atoms with van der Waals surface area (Å²) in [6, 6.07) is 13.4. The Morgan fingerprint density at radius 3 is 2.74 bits per heavy atom. The van der Waals surface area contributed by atoms with Gasteiger partial charge < -0.3 is 14.8 Å². The van der Waals surface area contributed by atoms with Crippen LogP contribution in [0.4, 0.5) is 0 Å². The molecule has 7 heteroatoms. The van der Waals surface area contributed by atoms with Gasteiger partial charge in [0.1, 0.15) is 11.2 Å². The van der Waals surface area contributed by atoms with Gasteiger partial charge in [-0.05, 0) is 40.4 Å². The molecule has 1 atom stereocenters. The van der Waals surface area contributed by atoms with Crippen LogP contribution < -0.4 is 10.7 Å². The fourth-order valence-electron chi connectivity index (χ4n) is 2.86. The molecule has 1 aromatic carbocycles. The Kier molecular flexibility index (Phi) is 4.65. The summed E-state index contributed by atoms with van der Waals surface area (Å²) in [4.78, 5) is 25.5. The first-order valence-corrected chi connectivity index (χ1v) is 10.0. The molecule has 0 fully saturated rings. The Balaban J connectivity index is 1.62. The minimum Gasteiger partial charge on any atom is -0.451 e.